The van der Waals surface area contributed by atoms with Gasteiger partial charge >= 0.3 is 5.69 Å². The van der Waals surface area contributed by atoms with E-state index < -0.39 is 5.69 Å². The van der Waals surface area contributed by atoms with Crippen LogP contribution in [0.1, 0.15) is 38.7 Å². The zero-order valence-corrected chi connectivity index (χ0v) is 9.30. The van der Waals surface area contributed by atoms with Crippen molar-refractivity contribution in [1.29, 1.82) is 0 Å². The molecule has 0 atom stereocenters. The Morgan fingerprint density at radius 2 is 2.00 bits per heavy atom. The van der Waals surface area contributed by atoms with Crippen molar-refractivity contribution in [3.8, 4) is 0 Å². The second kappa shape index (κ2) is 5.53. The largest absolute Gasteiger partial charge is 0.325 e. The molecule has 0 unspecified atom stereocenters. The second-order valence-corrected chi connectivity index (χ2v) is 4.24. The van der Waals surface area contributed by atoms with E-state index in [1.165, 1.54) is 12.6 Å². The van der Waals surface area contributed by atoms with Gasteiger partial charge in [0.05, 0.1) is 0 Å². The Hall–Kier alpha value is -1.32. The van der Waals surface area contributed by atoms with Gasteiger partial charge in [0.15, 0.2) is 0 Å². The standard InChI is InChI=1S/C11H18N2O2/c1-8(2)5-3-4-6-9-7-12-11(15)13-10(9)14/h7-8H,3-6H2,1-2H3,(H2,12,13,14,15). The third-order valence-corrected chi connectivity index (χ3v) is 2.37. The number of unbranched alkanes of at least 4 members (excludes halogenated alkanes) is 1. The number of nitrogens with one attached hydrogen (secondary N) is 2. The quantitative estimate of drug-likeness (QED) is 0.722. The SMILES string of the molecule is CC(C)CCCCc1c[nH]c(=O)[nH]c1=O. The summed E-state index contributed by atoms with van der Waals surface area (Å²) >= 11 is 0. The van der Waals surface area contributed by atoms with Crippen molar-refractivity contribution in [3.63, 3.8) is 0 Å². The van der Waals surface area contributed by atoms with Crippen molar-refractivity contribution >= 4 is 0 Å². The van der Waals surface area contributed by atoms with E-state index in [0.29, 0.717) is 11.5 Å². The summed E-state index contributed by atoms with van der Waals surface area (Å²) in [5, 5.41) is 0. The summed E-state index contributed by atoms with van der Waals surface area (Å²) in [5.74, 6) is 0.707. The van der Waals surface area contributed by atoms with Crippen LogP contribution in [0.5, 0.6) is 0 Å². The van der Waals surface area contributed by atoms with Gasteiger partial charge in [-0.3, -0.25) is 9.78 Å². The minimum Gasteiger partial charge on any atom is -0.314 e. The molecule has 1 rings (SSSR count). The number of aromatic amines is 2. The summed E-state index contributed by atoms with van der Waals surface area (Å²) in [6.07, 6.45) is 5.54. The van der Waals surface area contributed by atoms with E-state index in [4.69, 9.17) is 0 Å². The van der Waals surface area contributed by atoms with Crippen LogP contribution in [0.2, 0.25) is 0 Å². The molecule has 0 aliphatic rings. The molecule has 84 valence electrons. The number of hydrogen-bond donors (Lipinski definition) is 2. The number of aryl methyl sites for hydroxylation is 1. The number of H-pyrrole nitrogens is 2. The Morgan fingerprint density at radius 1 is 1.27 bits per heavy atom. The molecule has 4 nitrogen and oxygen atoms in total. The van der Waals surface area contributed by atoms with Crippen LogP contribution in [0.4, 0.5) is 0 Å². The molecule has 1 heterocycles. The zero-order chi connectivity index (χ0) is 11.3. The molecular weight excluding hydrogens is 192 g/mol. The topological polar surface area (TPSA) is 65.7 Å². The van der Waals surface area contributed by atoms with Gasteiger partial charge in [-0.2, -0.15) is 0 Å². The van der Waals surface area contributed by atoms with Gasteiger partial charge in [0.2, 0.25) is 0 Å². The molecule has 0 aromatic carbocycles. The van der Waals surface area contributed by atoms with Gasteiger partial charge in [-0.05, 0) is 18.8 Å². The second-order valence-electron chi connectivity index (χ2n) is 4.24. The molecule has 2 N–H and O–H groups in total. The Balaban J connectivity index is 2.45. The van der Waals surface area contributed by atoms with Gasteiger partial charge in [-0.1, -0.05) is 26.7 Å². The highest BCUT2D eigenvalue weighted by atomic mass is 16.2. The normalized spacial score (nSPS) is 10.9. The molecule has 0 aliphatic heterocycles. The molecule has 0 aliphatic carbocycles. The van der Waals surface area contributed by atoms with Crippen LogP contribution in [0, 0.1) is 5.92 Å². The molecule has 0 amide bonds. The molecule has 1 aromatic heterocycles. The van der Waals surface area contributed by atoms with E-state index >= 15 is 0 Å². The third-order valence-electron chi connectivity index (χ3n) is 2.37. The molecule has 15 heavy (non-hydrogen) atoms. The first-order valence-electron chi connectivity index (χ1n) is 5.40. The van der Waals surface area contributed by atoms with E-state index in [2.05, 4.69) is 23.8 Å². The average Bonchev–Trinajstić information content (AvgIpc) is 2.14. The molecule has 0 spiro atoms. The summed E-state index contributed by atoms with van der Waals surface area (Å²) in [7, 11) is 0. The zero-order valence-electron chi connectivity index (χ0n) is 9.30. The van der Waals surface area contributed by atoms with Crippen LogP contribution in [0.15, 0.2) is 15.8 Å². The Kier molecular flexibility index (Phi) is 4.34. The predicted octanol–water partition coefficient (Wildman–Crippen LogP) is 1.43. The fourth-order valence-electron chi connectivity index (χ4n) is 1.49. The Labute approximate surface area is 88.7 Å². The smallest absolute Gasteiger partial charge is 0.314 e. The average molecular weight is 210 g/mol. The van der Waals surface area contributed by atoms with E-state index in [-0.39, 0.29) is 5.56 Å². The van der Waals surface area contributed by atoms with Crippen LogP contribution < -0.4 is 11.2 Å². The van der Waals surface area contributed by atoms with E-state index in [9.17, 15) is 9.59 Å². The predicted molar refractivity (Wildman–Crippen MR) is 60.1 cm³/mol. The molecule has 0 radical (unpaired) electrons. The lowest BCUT2D eigenvalue weighted by molar-refractivity contribution is 0.537. The lowest BCUT2D eigenvalue weighted by Crippen LogP contribution is -2.24. The minimum atomic E-state index is -0.439. The van der Waals surface area contributed by atoms with E-state index in [1.54, 1.807) is 0 Å². The first-order chi connectivity index (χ1) is 7.09. The van der Waals surface area contributed by atoms with Crippen molar-refractivity contribution in [2.45, 2.75) is 39.5 Å². The van der Waals surface area contributed by atoms with Gasteiger partial charge in [0.25, 0.3) is 5.56 Å². The molecule has 0 saturated heterocycles. The monoisotopic (exact) mass is 210 g/mol. The van der Waals surface area contributed by atoms with Crippen LogP contribution >= 0.6 is 0 Å². The molecular formula is C11H18N2O2. The Morgan fingerprint density at radius 3 is 2.60 bits per heavy atom. The van der Waals surface area contributed by atoms with E-state index in [1.807, 2.05) is 0 Å². The maximum atomic E-state index is 11.3. The van der Waals surface area contributed by atoms with E-state index in [0.717, 1.165) is 19.3 Å². The number of rotatable bonds is 5. The van der Waals surface area contributed by atoms with Gasteiger partial charge in [-0.15, -0.1) is 0 Å². The minimum absolute atomic E-state index is 0.261. The van der Waals surface area contributed by atoms with Gasteiger partial charge in [0.1, 0.15) is 0 Å². The molecule has 4 heteroatoms. The van der Waals surface area contributed by atoms with Gasteiger partial charge in [-0.25, -0.2) is 4.79 Å². The maximum Gasteiger partial charge on any atom is 0.325 e. The molecule has 0 saturated carbocycles. The molecule has 0 fully saturated rings. The highest BCUT2D eigenvalue weighted by molar-refractivity contribution is 5.02. The number of hydrogen-bond acceptors (Lipinski definition) is 2. The summed E-state index contributed by atoms with van der Waals surface area (Å²) in [6, 6.07) is 0. The van der Waals surface area contributed by atoms with Gasteiger partial charge < -0.3 is 4.98 Å². The highest BCUT2D eigenvalue weighted by Gasteiger charge is 2.00. The molecule has 1 aromatic rings. The van der Waals surface area contributed by atoms with Crippen LogP contribution in [0.25, 0.3) is 0 Å². The van der Waals surface area contributed by atoms with Crippen molar-refractivity contribution < 1.29 is 0 Å². The fraction of sp³-hybridized carbons (Fsp3) is 0.636. The lowest BCUT2D eigenvalue weighted by Gasteiger charge is -2.03. The fourth-order valence-corrected chi connectivity index (χ4v) is 1.49. The summed E-state index contributed by atoms with van der Waals surface area (Å²) in [4.78, 5) is 26.7. The maximum absolute atomic E-state index is 11.3. The van der Waals surface area contributed by atoms with Crippen molar-refractivity contribution in [3.05, 3.63) is 32.6 Å². The lowest BCUT2D eigenvalue weighted by atomic mass is 10.0. The highest BCUT2D eigenvalue weighted by Crippen LogP contribution is 2.07. The molecule has 0 bridgehead atoms. The number of aromatic nitrogens is 2. The van der Waals surface area contributed by atoms with Crippen LogP contribution in [-0.4, -0.2) is 9.97 Å². The van der Waals surface area contributed by atoms with Crippen molar-refractivity contribution in [2.24, 2.45) is 5.92 Å². The van der Waals surface area contributed by atoms with Gasteiger partial charge in [0, 0.05) is 11.8 Å². The van der Waals surface area contributed by atoms with Crippen molar-refractivity contribution in [1.82, 2.24) is 9.97 Å². The first kappa shape index (κ1) is 11.8. The van der Waals surface area contributed by atoms with Crippen LogP contribution in [0.3, 0.4) is 0 Å². The summed E-state index contributed by atoms with van der Waals surface area (Å²) in [5.41, 5.74) is -0.0346. The Bertz CT molecular complexity index is 404. The summed E-state index contributed by atoms with van der Waals surface area (Å²) in [6.45, 7) is 4.37. The van der Waals surface area contributed by atoms with Crippen LogP contribution in [-0.2, 0) is 6.42 Å². The third kappa shape index (κ3) is 4.14. The first-order valence-corrected chi connectivity index (χ1v) is 5.40. The van der Waals surface area contributed by atoms with Crippen molar-refractivity contribution in [2.75, 3.05) is 0 Å². The summed E-state index contributed by atoms with van der Waals surface area (Å²) < 4.78 is 0.